The Balaban J connectivity index is 1.33. The standard InChI is InChI=1S/C19H21N3O2/c23-17(11-14-7-3-1-4-8-14)22-12-16(13-22)19-20-18(21-24-19)15-9-5-2-6-10-15/h2,5-7,9-10,16H,1,3-4,8,11-13H2. The Labute approximate surface area is 141 Å². The molecule has 1 aliphatic carbocycles. The van der Waals surface area contributed by atoms with Gasteiger partial charge in [0.25, 0.3) is 0 Å². The van der Waals surface area contributed by atoms with E-state index in [1.54, 1.807) is 0 Å². The van der Waals surface area contributed by atoms with Gasteiger partial charge in [-0.15, -0.1) is 0 Å². The Morgan fingerprint density at radius 1 is 1.21 bits per heavy atom. The van der Waals surface area contributed by atoms with Gasteiger partial charge in [0, 0.05) is 25.1 Å². The van der Waals surface area contributed by atoms with Gasteiger partial charge < -0.3 is 9.42 Å². The molecule has 1 fully saturated rings. The van der Waals surface area contributed by atoms with Crippen LogP contribution in [0.1, 0.15) is 43.9 Å². The summed E-state index contributed by atoms with van der Waals surface area (Å²) in [5.41, 5.74) is 2.25. The Bertz CT molecular complexity index is 745. The van der Waals surface area contributed by atoms with Crippen LogP contribution in [0.25, 0.3) is 11.4 Å². The van der Waals surface area contributed by atoms with E-state index in [0.717, 1.165) is 18.4 Å². The van der Waals surface area contributed by atoms with Gasteiger partial charge >= 0.3 is 0 Å². The number of carbonyl (C=O) groups is 1. The number of likely N-dealkylation sites (tertiary alicyclic amines) is 1. The van der Waals surface area contributed by atoms with E-state index in [2.05, 4.69) is 16.2 Å². The topological polar surface area (TPSA) is 59.2 Å². The first kappa shape index (κ1) is 15.1. The number of hydrogen-bond donors (Lipinski definition) is 0. The van der Waals surface area contributed by atoms with Gasteiger partial charge in [0.15, 0.2) is 0 Å². The number of allylic oxidation sites excluding steroid dienone is 1. The minimum atomic E-state index is 0.166. The highest BCUT2D eigenvalue weighted by Gasteiger charge is 2.35. The fourth-order valence-corrected chi connectivity index (χ4v) is 3.32. The Morgan fingerprint density at radius 3 is 2.79 bits per heavy atom. The van der Waals surface area contributed by atoms with Gasteiger partial charge in [-0.1, -0.05) is 47.1 Å². The summed E-state index contributed by atoms with van der Waals surface area (Å²) >= 11 is 0. The fraction of sp³-hybridized carbons (Fsp3) is 0.421. The van der Waals surface area contributed by atoms with Crippen LogP contribution in [0.15, 0.2) is 46.5 Å². The molecule has 0 bridgehead atoms. The summed E-state index contributed by atoms with van der Waals surface area (Å²) in [5.74, 6) is 1.64. The number of hydrogen-bond acceptors (Lipinski definition) is 4. The number of carbonyl (C=O) groups excluding carboxylic acids is 1. The van der Waals surface area contributed by atoms with E-state index in [1.165, 1.54) is 18.4 Å². The molecule has 124 valence electrons. The fourth-order valence-electron chi connectivity index (χ4n) is 3.32. The molecule has 0 radical (unpaired) electrons. The largest absolute Gasteiger partial charge is 0.341 e. The summed E-state index contributed by atoms with van der Waals surface area (Å²) < 4.78 is 5.39. The second-order valence-electron chi connectivity index (χ2n) is 6.60. The van der Waals surface area contributed by atoms with E-state index in [0.29, 0.717) is 31.2 Å². The lowest BCUT2D eigenvalue weighted by molar-refractivity contribution is -0.135. The highest BCUT2D eigenvalue weighted by atomic mass is 16.5. The van der Waals surface area contributed by atoms with Crippen molar-refractivity contribution >= 4 is 5.91 Å². The van der Waals surface area contributed by atoms with Crippen molar-refractivity contribution in [2.75, 3.05) is 13.1 Å². The maximum Gasteiger partial charge on any atom is 0.233 e. The predicted molar refractivity (Wildman–Crippen MR) is 90.2 cm³/mol. The molecule has 24 heavy (non-hydrogen) atoms. The van der Waals surface area contributed by atoms with Crippen molar-refractivity contribution in [2.45, 2.75) is 38.0 Å². The van der Waals surface area contributed by atoms with Crippen molar-refractivity contribution < 1.29 is 9.32 Å². The van der Waals surface area contributed by atoms with Crippen molar-refractivity contribution in [1.82, 2.24) is 15.0 Å². The quantitative estimate of drug-likeness (QED) is 0.807. The smallest absolute Gasteiger partial charge is 0.233 e. The van der Waals surface area contributed by atoms with E-state index in [1.807, 2.05) is 35.2 Å². The van der Waals surface area contributed by atoms with Gasteiger partial charge in [0.05, 0.1) is 5.92 Å². The zero-order valence-electron chi connectivity index (χ0n) is 13.6. The zero-order chi connectivity index (χ0) is 16.4. The average molecular weight is 323 g/mol. The molecule has 1 amide bonds. The Morgan fingerprint density at radius 2 is 2.04 bits per heavy atom. The lowest BCUT2D eigenvalue weighted by Gasteiger charge is -2.37. The van der Waals surface area contributed by atoms with Crippen LogP contribution in [0.2, 0.25) is 0 Å². The molecule has 5 nitrogen and oxygen atoms in total. The molecule has 2 aromatic rings. The SMILES string of the molecule is O=C(CC1=CCCCC1)N1CC(c2nc(-c3ccccc3)no2)C1. The van der Waals surface area contributed by atoms with Crippen molar-refractivity contribution in [2.24, 2.45) is 0 Å². The van der Waals surface area contributed by atoms with Crippen molar-refractivity contribution in [3.63, 3.8) is 0 Å². The molecular weight excluding hydrogens is 302 g/mol. The van der Waals surface area contributed by atoms with E-state index >= 15 is 0 Å². The second-order valence-corrected chi connectivity index (χ2v) is 6.60. The molecular formula is C19H21N3O2. The highest BCUT2D eigenvalue weighted by Crippen LogP contribution is 2.29. The third-order valence-corrected chi connectivity index (χ3v) is 4.82. The normalized spacial score (nSPS) is 18.2. The maximum atomic E-state index is 12.3. The minimum absolute atomic E-state index is 0.166. The molecule has 1 aromatic carbocycles. The molecule has 5 heteroatoms. The van der Waals surface area contributed by atoms with Crippen molar-refractivity contribution in [3.8, 4) is 11.4 Å². The van der Waals surface area contributed by atoms with Gasteiger partial charge in [0.1, 0.15) is 0 Å². The molecule has 0 saturated carbocycles. The van der Waals surface area contributed by atoms with E-state index < -0.39 is 0 Å². The lowest BCUT2D eigenvalue weighted by Crippen LogP contribution is -2.48. The monoisotopic (exact) mass is 323 g/mol. The van der Waals surface area contributed by atoms with E-state index in [-0.39, 0.29) is 11.8 Å². The van der Waals surface area contributed by atoms with Crippen LogP contribution in [-0.2, 0) is 4.79 Å². The molecule has 1 saturated heterocycles. The zero-order valence-corrected chi connectivity index (χ0v) is 13.6. The Kier molecular flexibility index (Phi) is 4.15. The molecule has 2 heterocycles. The summed E-state index contributed by atoms with van der Waals surface area (Å²) in [7, 11) is 0. The molecule has 0 atom stereocenters. The highest BCUT2D eigenvalue weighted by molar-refractivity contribution is 5.79. The number of aromatic nitrogens is 2. The number of benzene rings is 1. The van der Waals surface area contributed by atoms with Crippen LogP contribution in [0.4, 0.5) is 0 Å². The molecule has 1 aromatic heterocycles. The third kappa shape index (κ3) is 3.11. The van der Waals surface area contributed by atoms with Crippen molar-refractivity contribution in [3.05, 3.63) is 47.9 Å². The van der Waals surface area contributed by atoms with Crippen LogP contribution in [0.5, 0.6) is 0 Å². The van der Waals surface area contributed by atoms with Gasteiger partial charge in [0.2, 0.25) is 17.6 Å². The van der Waals surface area contributed by atoms with E-state index in [4.69, 9.17) is 4.52 Å². The first-order valence-corrected chi connectivity index (χ1v) is 8.64. The molecule has 2 aliphatic rings. The summed E-state index contributed by atoms with van der Waals surface area (Å²) in [6, 6.07) is 9.79. The van der Waals surface area contributed by atoms with Crippen LogP contribution < -0.4 is 0 Å². The minimum Gasteiger partial charge on any atom is -0.341 e. The molecule has 1 aliphatic heterocycles. The van der Waals surface area contributed by atoms with Gasteiger partial charge in [-0.3, -0.25) is 4.79 Å². The first-order valence-electron chi connectivity index (χ1n) is 8.64. The van der Waals surface area contributed by atoms with Crippen LogP contribution in [0, 0.1) is 0 Å². The molecule has 0 spiro atoms. The summed E-state index contributed by atoms with van der Waals surface area (Å²) in [6.07, 6.45) is 7.48. The van der Waals surface area contributed by atoms with Crippen molar-refractivity contribution in [1.29, 1.82) is 0 Å². The van der Waals surface area contributed by atoms with Crippen LogP contribution in [0.3, 0.4) is 0 Å². The average Bonchev–Trinajstić information content (AvgIpc) is 3.05. The van der Waals surface area contributed by atoms with Gasteiger partial charge in [-0.05, 0) is 25.7 Å². The van der Waals surface area contributed by atoms with Crippen LogP contribution >= 0.6 is 0 Å². The number of rotatable bonds is 4. The summed E-state index contributed by atoms with van der Waals surface area (Å²) in [6.45, 7) is 1.37. The van der Waals surface area contributed by atoms with E-state index in [9.17, 15) is 4.79 Å². The maximum absolute atomic E-state index is 12.3. The van der Waals surface area contributed by atoms with Gasteiger partial charge in [-0.25, -0.2) is 0 Å². The molecule has 0 unspecified atom stereocenters. The number of nitrogens with zero attached hydrogens (tertiary/aromatic N) is 3. The lowest BCUT2D eigenvalue weighted by atomic mass is 9.94. The summed E-state index contributed by atoms with van der Waals surface area (Å²) in [5, 5.41) is 4.05. The van der Waals surface area contributed by atoms with Gasteiger partial charge in [-0.2, -0.15) is 4.98 Å². The molecule has 0 N–H and O–H groups in total. The van der Waals surface area contributed by atoms with Crippen LogP contribution in [-0.4, -0.2) is 34.0 Å². The number of amides is 1. The third-order valence-electron chi connectivity index (χ3n) is 4.82. The second kappa shape index (κ2) is 6.59. The summed E-state index contributed by atoms with van der Waals surface area (Å²) in [4.78, 5) is 18.7. The predicted octanol–water partition coefficient (Wildman–Crippen LogP) is 3.55. The Hall–Kier alpha value is -2.43. The first-order chi connectivity index (χ1) is 11.8. The molecule has 4 rings (SSSR count).